The normalized spacial score (nSPS) is 27.5. The van der Waals surface area contributed by atoms with Crippen molar-refractivity contribution in [2.45, 2.75) is 19.9 Å². The Balaban J connectivity index is 2.25. The summed E-state index contributed by atoms with van der Waals surface area (Å²) in [5.74, 6) is 0.755. The number of hydrogen-bond acceptors (Lipinski definition) is 3. The van der Waals surface area contributed by atoms with Crippen LogP contribution < -0.4 is 10.6 Å². The predicted molar refractivity (Wildman–Crippen MR) is 57.0 cm³/mol. The Morgan fingerprint density at radius 2 is 2.38 bits per heavy atom. The van der Waals surface area contributed by atoms with Crippen LogP contribution in [-0.4, -0.2) is 50.7 Å². The summed E-state index contributed by atoms with van der Waals surface area (Å²) in [5.41, 5.74) is 0. The zero-order valence-corrected chi connectivity index (χ0v) is 9.14. The van der Waals surface area contributed by atoms with Crippen LogP contribution in [0.1, 0.15) is 13.8 Å². The van der Waals surface area contributed by atoms with E-state index in [2.05, 4.69) is 29.4 Å². The summed E-state index contributed by atoms with van der Waals surface area (Å²) in [6.45, 7) is 10.5. The van der Waals surface area contributed by atoms with E-state index >= 15 is 0 Å². The number of nitrogens with one attached hydrogen (secondary N) is 2. The molecule has 0 aromatic carbocycles. The Labute approximate surface area is 81.9 Å². The first-order valence-corrected chi connectivity index (χ1v) is 5.33. The van der Waals surface area contributed by atoms with Gasteiger partial charge < -0.3 is 10.6 Å². The molecule has 0 spiro atoms. The minimum Gasteiger partial charge on any atom is -0.319 e. The molecule has 0 saturated carbocycles. The van der Waals surface area contributed by atoms with Crippen LogP contribution in [0.25, 0.3) is 0 Å². The quantitative estimate of drug-likeness (QED) is 0.652. The molecule has 3 heteroatoms. The second-order valence-electron chi connectivity index (χ2n) is 4.21. The van der Waals surface area contributed by atoms with E-state index in [9.17, 15) is 0 Å². The summed E-state index contributed by atoms with van der Waals surface area (Å²) in [6.07, 6.45) is 0. The lowest BCUT2D eigenvalue weighted by Gasteiger charge is -2.35. The van der Waals surface area contributed by atoms with Gasteiger partial charge in [0.15, 0.2) is 0 Å². The molecule has 0 bridgehead atoms. The molecule has 78 valence electrons. The first-order chi connectivity index (χ1) is 6.24. The van der Waals surface area contributed by atoms with Gasteiger partial charge in [0, 0.05) is 32.2 Å². The van der Waals surface area contributed by atoms with E-state index in [1.54, 1.807) is 0 Å². The molecule has 1 heterocycles. The van der Waals surface area contributed by atoms with Crippen LogP contribution in [0, 0.1) is 5.92 Å². The van der Waals surface area contributed by atoms with Crippen molar-refractivity contribution in [2.75, 3.05) is 39.8 Å². The maximum Gasteiger partial charge on any atom is 0.0193 e. The highest BCUT2D eigenvalue weighted by molar-refractivity contribution is 4.77. The molecule has 1 saturated heterocycles. The minimum atomic E-state index is 0.702. The summed E-state index contributed by atoms with van der Waals surface area (Å²) in [7, 11) is 2.03. The second kappa shape index (κ2) is 5.58. The fourth-order valence-electron chi connectivity index (χ4n) is 1.97. The highest BCUT2D eigenvalue weighted by Gasteiger charge is 2.18. The predicted octanol–water partition coefficient (Wildman–Crippen LogP) is 0.136. The molecule has 1 aliphatic heterocycles. The van der Waals surface area contributed by atoms with Crippen molar-refractivity contribution in [3.05, 3.63) is 0 Å². The molecule has 2 N–H and O–H groups in total. The van der Waals surface area contributed by atoms with E-state index < -0.39 is 0 Å². The average Bonchev–Trinajstić information content (AvgIpc) is 2.09. The summed E-state index contributed by atoms with van der Waals surface area (Å²) in [5, 5.41) is 6.64. The molecular formula is C10H23N3. The number of rotatable bonds is 4. The Bertz CT molecular complexity index is 138. The van der Waals surface area contributed by atoms with Crippen LogP contribution >= 0.6 is 0 Å². The zero-order valence-electron chi connectivity index (χ0n) is 9.14. The summed E-state index contributed by atoms with van der Waals surface area (Å²) < 4.78 is 0. The number of piperazine rings is 1. The standard InChI is InChI=1S/C10H23N3/c1-9(6-11-3)8-13-5-4-12-7-10(13)2/h9-12H,4-8H2,1-3H3. The lowest BCUT2D eigenvalue weighted by molar-refractivity contribution is 0.151. The van der Waals surface area contributed by atoms with Crippen LogP contribution in [0.5, 0.6) is 0 Å². The number of nitrogens with zero attached hydrogens (tertiary/aromatic N) is 1. The third-order valence-corrected chi connectivity index (χ3v) is 2.74. The van der Waals surface area contributed by atoms with Crippen molar-refractivity contribution in [3.63, 3.8) is 0 Å². The molecule has 0 aromatic heterocycles. The van der Waals surface area contributed by atoms with Crippen molar-refractivity contribution >= 4 is 0 Å². The van der Waals surface area contributed by atoms with Gasteiger partial charge >= 0.3 is 0 Å². The van der Waals surface area contributed by atoms with Gasteiger partial charge in [0.25, 0.3) is 0 Å². The third kappa shape index (κ3) is 3.63. The average molecular weight is 185 g/mol. The molecule has 1 fully saturated rings. The topological polar surface area (TPSA) is 27.3 Å². The minimum absolute atomic E-state index is 0.702. The largest absolute Gasteiger partial charge is 0.319 e. The molecular weight excluding hydrogens is 162 g/mol. The van der Waals surface area contributed by atoms with E-state index in [-0.39, 0.29) is 0 Å². The van der Waals surface area contributed by atoms with Crippen molar-refractivity contribution in [1.82, 2.24) is 15.5 Å². The molecule has 2 atom stereocenters. The fraction of sp³-hybridized carbons (Fsp3) is 1.00. The van der Waals surface area contributed by atoms with Crippen LogP contribution in [0.4, 0.5) is 0 Å². The monoisotopic (exact) mass is 185 g/mol. The van der Waals surface area contributed by atoms with Crippen LogP contribution in [-0.2, 0) is 0 Å². The van der Waals surface area contributed by atoms with E-state index in [0.717, 1.165) is 25.6 Å². The molecule has 3 nitrogen and oxygen atoms in total. The van der Waals surface area contributed by atoms with Crippen molar-refractivity contribution in [2.24, 2.45) is 5.92 Å². The Hall–Kier alpha value is -0.120. The first-order valence-electron chi connectivity index (χ1n) is 5.33. The van der Waals surface area contributed by atoms with Crippen LogP contribution in [0.2, 0.25) is 0 Å². The maximum absolute atomic E-state index is 3.41. The Morgan fingerprint density at radius 1 is 1.62 bits per heavy atom. The first kappa shape index (κ1) is 11.0. The molecule has 0 aromatic rings. The summed E-state index contributed by atoms with van der Waals surface area (Å²) in [4.78, 5) is 2.58. The third-order valence-electron chi connectivity index (χ3n) is 2.74. The van der Waals surface area contributed by atoms with E-state index in [1.165, 1.54) is 13.1 Å². The van der Waals surface area contributed by atoms with Gasteiger partial charge in [0.1, 0.15) is 0 Å². The van der Waals surface area contributed by atoms with Gasteiger partial charge in [0.2, 0.25) is 0 Å². The van der Waals surface area contributed by atoms with Gasteiger partial charge in [-0.25, -0.2) is 0 Å². The highest BCUT2D eigenvalue weighted by atomic mass is 15.2. The molecule has 1 rings (SSSR count). The summed E-state index contributed by atoms with van der Waals surface area (Å²) in [6, 6.07) is 0.702. The van der Waals surface area contributed by atoms with Crippen molar-refractivity contribution in [3.8, 4) is 0 Å². The second-order valence-corrected chi connectivity index (χ2v) is 4.21. The van der Waals surface area contributed by atoms with Gasteiger partial charge in [-0.15, -0.1) is 0 Å². The SMILES string of the molecule is CNCC(C)CN1CCNCC1C. The molecule has 0 amide bonds. The fourth-order valence-corrected chi connectivity index (χ4v) is 1.97. The van der Waals surface area contributed by atoms with Crippen molar-refractivity contribution < 1.29 is 0 Å². The van der Waals surface area contributed by atoms with Gasteiger partial charge in [-0.2, -0.15) is 0 Å². The lowest BCUT2D eigenvalue weighted by atomic mass is 10.1. The van der Waals surface area contributed by atoms with E-state index in [0.29, 0.717) is 6.04 Å². The van der Waals surface area contributed by atoms with Gasteiger partial charge in [-0.3, -0.25) is 4.90 Å². The van der Waals surface area contributed by atoms with Gasteiger partial charge in [0.05, 0.1) is 0 Å². The molecule has 0 aliphatic carbocycles. The van der Waals surface area contributed by atoms with Crippen LogP contribution in [0.15, 0.2) is 0 Å². The zero-order chi connectivity index (χ0) is 9.68. The molecule has 13 heavy (non-hydrogen) atoms. The maximum atomic E-state index is 3.41. The highest BCUT2D eigenvalue weighted by Crippen LogP contribution is 2.06. The summed E-state index contributed by atoms with van der Waals surface area (Å²) >= 11 is 0. The molecule has 2 unspecified atom stereocenters. The Morgan fingerprint density at radius 3 is 3.00 bits per heavy atom. The van der Waals surface area contributed by atoms with Crippen molar-refractivity contribution in [1.29, 1.82) is 0 Å². The Kier molecular flexibility index (Phi) is 4.70. The smallest absolute Gasteiger partial charge is 0.0193 e. The molecule has 1 aliphatic rings. The lowest BCUT2D eigenvalue weighted by Crippen LogP contribution is -2.51. The number of hydrogen-bond donors (Lipinski definition) is 2. The molecule has 0 radical (unpaired) electrons. The van der Waals surface area contributed by atoms with E-state index in [4.69, 9.17) is 0 Å². The van der Waals surface area contributed by atoms with Gasteiger partial charge in [-0.05, 0) is 26.4 Å². The van der Waals surface area contributed by atoms with Gasteiger partial charge in [-0.1, -0.05) is 6.92 Å². The van der Waals surface area contributed by atoms with E-state index in [1.807, 2.05) is 7.05 Å². The van der Waals surface area contributed by atoms with Crippen LogP contribution in [0.3, 0.4) is 0 Å².